The molecule has 1 N–H and O–H groups in total. The molecule has 1 saturated carbocycles. The van der Waals surface area contributed by atoms with E-state index in [1.54, 1.807) is 6.07 Å². The third-order valence-corrected chi connectivity index (χ3v) is 5.26. The number of hydrogen-bond donors (Lipinski definition) is 1. The lowest BCUT2D eigenvalue weighted by atomic mass is 10.0. The van der Waals surface area contributed by atoms with Gasteiger partial charge in [-0.05, 0) is 33.7 Å². The first kappa shape index (κ1) is 16.5. The molecule has 25 heavy (non-hydrogen) atoms. The summed E-state index contributed by atoms with van der Waals surface area (Å²) in [6.07, 6.45) is 2.23. The maximum Gasteiger partial charge on any atom is 0.251 e. The van der Waals surface area contributed by atoms with E-state index in [4.69, 9.17) is 9.84 Å². The van der Waals surface area contributed by atoms with Crippen LogP contribution in [0.25, 0.3) is 0 Å². The first-order valence-corrected chi connectivity index (χ1v) is 8.95. The van der Waals surface area contributed by atoms with E-state index in [0.29, 0.717) is 19.1 Å². The SMILES string of the molecule is Cc1nn(Cc2cc(=O)[nH]c(C3CC3)n2)c(C)c1C1COCCN1C. The topological polar surface area (TPSA) is 76.0 Å². The van der Waals surface area contributed by atoms with Crippen molar-refractivity contribution in [2.45, 2.75) is 45.2 Å². The molecule has 2 aromatic heterocycles. The van der Waals surface area contributed by atoms with E-state index >= 15 is 0 Å². The second kappa shape index (κ2) is 6.38. The van der Waals surface area contributed by atoms with Crippen LogP contribution in [-0.2, 0) is 11.3 Å². The van der Waals surface area contributed by atoms with Crippen LogP contribution in [0.2, 0.25) is 0 Å². The van der Waals surface area contributed by atoms with Gasteiger partial charge in [-0.25, -0.2) is 4.98 Å². The van der Waals surface area contributed by atoms with Gasteiger partial charge in [0.2, 0.25) is 0 Å². The number of ether oxygens (including phenoxy) is 1. The standard InChI is InChI=1S/C18H25N5O2/c1-11-17(15-10-25-7-6-22(15)3)12(2)23(21-11)9-14-8-16(24)20-18(19-14)13-4-5-13/h8,13,15H,4-7,9-10H2,1-3H3,(H,19,20,24). The molecule has 1 unspecified atom stereocenters. The lowest BCUT2D eigenvalue weighted by Gasteiger charge is -2.32. The van der Waals surface area contributed by atoms with Crippen molar-refractivity contribution in [3.05, 3.63) is 44.9 Å². The van der Waals surface area contributed by atoms with E-state index in [1.807, 2.05) is 11.6 Å². The fourth-order valence-corrected chi connectivity index (χ4v) is 3.65. The van der Waals surface area contributed by atoms with Gasteiger partial charge in [0.25, 0.3) is 5.56 Å². The molecule has 0 amide bonds. The van der Waals surface area contributed by atoms with Gasteiger partial charge in [-0.1, -0.05) is 0 Å². The van der Waals surface area contributed by atoms with Crippen molar-refractivity contribution in [3.63, 3.8) is 0 Å². The zero-order valence-electron chi connectivity index (χ0n) is 15.1. The lowest BCUT2D eigenvalue weighted by molar-refractivity contribution is 0.00457. The molecule has 134 valence electrons. The van der Waals surface area contributed by atoms with E-state index < -0.39 is 0 Å². The van der Waals surface area contributed by atoms with Crippen LogP contribution in [0.4, 0.5) is 0 Å². The van der Waals surface area contributed by atoms with E-state index in [1.165, 1.54) is 5.56 Å². The van der Waals surface area contributed by atoms with Crippen molar-refractivity contribution in [2.75, 3.05) is 26.8 Å². The summed E-state index contributed by atoms with van der Waals surface area (Å²) in [4.78, 5) is 21.8. The zero-order chi connectivity index (χ0) is 17.6. The Balaban J connectivity index is 1.63. The van der Waals surface area contributed by atoms with Gasteiger partial charge in [0.1, 0.15) is 5.82 Å². The molecule has 2 aromatic rings. The Bertz CT molecular complexity index is 836. The van der Waals surface area contributed by atoms with Crippen LogP contribution in [0, 0.1) is 13.8 Å². The Labute approximate surface area is 147 Å². The first-order chi connectivity index (χ1) is 12.0. The predicted octanol–water partition coefficient (Wildman–Crippen LogP) is 1.51. The minimum atomic E-state index is -0.0749. The molecular formula is C18H25N5O2. The van der Waals surface area contributed by atoms with Crippen LogP contribution in [0.15, 0.2) is 10.9 Å². The highest BCUT2D eigenvalue weighted by Crippen LogP contribution is 2.37. The average molecular weight is 343 g/mol. The van der Waals surface area contributed by atoms with Crippen LogP contribution < -0.4 is 5.56 Å². The van der Waals surface area contributed by atoms with Crippen molar-refractivity contribution in [3.8, 4) is 0 Å². The largest absolute Gasteiger partial charge is 0.378 e. The normalized spacial score (nSPS) is 21.6. The third-order valence-electron chi connectivity index (χ3n) is 5.26. The average Bonchev–Trinajstić information content (AvgIpc) is 3.37. The summed E-state index contributed by atoms with van der Waals surface area (Å²) in [5.41, 5.74) is 4.07. The number of aromatic nitrogens is 4. The number of morpholine rings is 1. The molecule has 1 saturated heterocycles. The highest BCUT2D eigenvalue weighted by Gasteiger charge is 2.28. The van der Waals surface area contributed by atoms with Crippen molar-refractivity contribution in [1.29, 1.82) is 0 Å². The van der Waals surface area contributed by atoms with E-state index in [2.05, 4.69) is 28.8 Å². The van der Waals surface area contributed by atoms with Crippen LogP contribution in [0.3, 0.4) is 0 Å². The van der Waals surface area contributed by atoms with Crippen molar-refractivity contribution < 1.29 is 4.74 Å². The van der Waals surface area contributed by atoms with Gasteiger partial charge >= 0.3 is 0 Å². The van der Waals surface area contributed by atoms with Gasteiger partial charge in [-0.3, -0.25) is 14.4 Å². The molecule has 2 fully saturated rings. The first-order valence-electron chi connectivity index (χ1n) is 8.95. The number of likely N-dealkylation sites (N-methyl/N-ethyl adjacent to an activating group) is 1. The number of H-pyrrole nitrogens is 1. The van der Waals surface area contributed by atoms with Gasteiger partial charge in [-0.15, -0.1) is 0 Å². The monoisotopic (exact) mass is 343 g/mol. The smallest absolute Gasteiger partial charge is 0.251 e. The maximum atomic E-state index is 11.9. The molecule has 0 spiro atoms. The molecule has 2 aliphatic rings. The highest BCUT2D eigenvalue weighted by atomic mass is 16.5. The summed E-state index contributed by atoms with van der Waals surface area (Å²) >= 11 is 0. The number of aromatic amines is 1. The van der Waals surface area contributed by atoms with Gasteiger partial charge in [0, 0.05) is 29.8 Å². The molecule has 1 aliphatic carbocycles. The highest BCUT2D eigenvalue weighted by molar-refractivity contribution is 5.29. The molecular weight excluding hydrogens is 318 g/mol. The quantitative estimate of drug-likeness (QED) is 0.911. The van der Waals surface area contributed by atoms with Crippen molar-refractivity contribution in [1.82, 2.24) is 24.6 Å². The maximum absolute atomic E-state index is 11.9. The Kier molecular flexibility index (Phi) is 4.21. The Hall–Kier alpha value is -1.99. The summed E-state index contributed by atoms with van der Waals surface area (Å²) in [5, 5.41) is 4.72. The van der Waals surface area contributed by atoms with Crippen LogP contribution >= 0.6 is 0 Å². The number of nitrogens with one attached hydrogen (secondary N) is 1. The number of rotatable bonds is 4. The Morgan fingerprint density at radius 3 is 2.88 bits per heavy atom. The molecule has 7 heteroatoms. The van der Waals surface area contributed by atoms with Gasteiger partial charge in [-0.2, -0.15) is 5.10 Å². The summed E-state index contributed by atoms with van der Waals surface area (Å²) in [6.45, 7) is 7.05. The van der Waals surface area contributed by atoms with E-state index in [0.717, 1.165) is 48.9 Å². The zero-order valence-corrected chi connectivity index (χ0v) is 15.1. The lowest BCUT2D eigenvalue weighted by Crippen LogP contribution is -2.37. The van der Waals surface area contributed by atoms with E-state index in [9.17, 15) is 4.79 Å². The molecule has 1 aliphatic heterocycles. The molecule has 3 heterocycles. The number of hydrogen-bond acceptors (Lipinski definition) is 5. The van der Waals surface area contributed by atoms with Crippen LogP contribution in [-0.4, -0.2) is 51.5 Å². The second-order valence-corrected chi connectivity index (χ2v) is 7.21. The summed E-state index contributed by atoms with van der Waals surface area (Å²) in [7, 11) is 2.13. The van der Waals surface area contributed by atoms with Gasteiger partial charge in [0.15, 0.2) is 0 Å². The summed E-state index contributed by atoms with van der Waals surface area (Å²) in [5.74, 6) is 1.25. The molecule has 1 atom stereocenters. The second-order valence-electron chi connectivity index (χ2n) is 7.21. The minimum absolute atomic E-state index is 0.0749. The van der Waals surface area contributed by atoms with Crippen LogP contribution in [0.1, 0.15) is 53.3 Å². The van der Waals surface area contributed by atoms with Gasteiger partial charge in [0.05, 0.1) is 37.2 Å². The molecule has 0 radical (unpaired) electrons. The third kappa shape index (κ3) is 3.26. The fraction of sp³-hybridized carbons (Fsp3) is 0.611. The summed E-state index contributed by atoms with van der Waals surface area (Å²) < 4.78 is 7.64. The minimum Gasteiger partial charge on any atom is -0.378 e. The Morgan fingerprint density at radius 2 is 2.16 bits per heavy atom. The molecule has 0 bridgehead atoms. The predicted molar refractivity (Wildman–Crippen MR) is 93.8 cm³/mol. The Morgan fingerprint density at radius 1 is 1.36 bits per heavy atom. The number of nitrogens with zero attached hydrogens (tertiary/aromatic N) is 4. The molecule has 4 rings (SSSR count). The summed E-state index contributed by atoms with van der Waals surface area (Å²) in [6, 6.07) is 1.81. The van der Waals surface area contributed by atoms with Gasteiger partial charge < -0.3 is 9.72 Å². The van der Waals surface area contributed by atoms with Crippen molar-refractivity contribution >= 4 is 0 Å². The molecule has 0 aromatic carbocycles. The fourth-order valence-electron chi connectivity index (χ4n) is 3.65. The number of aryl methyl sites for hydroxylation is 1. The van der Waals surface area contributed by atoms with E-state index in [-0.39, 0.29) is 11.6 Å². The van der Waals surface area contributed by atoms with Crippen LogP contribution in [0.5, 0.6) is 0 Å². The molecule has 7 nitrogen and oxygen atoms in total. The van der Waals surface area contributed by atoms with Crippen molar-refractivity contribution in [2.24, 2.45) is 0 Å².